The van der Waals surface area contributed by atoms with E-state index in [1.807, 2.05) is 30.4 Å². The summed E-state index contributed by atoms with van der Waals surface area (Å²) in [7, 11) is 0. The van der Waals surface area contributed by atoms with Crippen LogP contribution in [0.1, 0.15) is 18.9 Å². The molecule has 1 heteroatoms. The Labute approximate surface area is 96.5 Å². The molecule has 2 rings (SSSR count). The lowest BCUT2D eigenvalue weighted by Crippen LogP contribution is -2.24. The fourth-order valence-electron chi connectivity index (χ4n) is 2.20. The molecule has 0 saturated carbocycles. The predicted octanol–water partition coefficient (Wildman–Crippen LogP) is 3.23. The number of hydrogen-bond acceptors (Lipinski definition) is 1. The Bertz CT molecular complexity index is 428. The Morgan fingerprint density at radius 2 is 2.06 bits per heavy atom. The fourth-order valence-corrected chi connectivity index (χ4v) is 2.20. The molecule has 0 heterocycles. The van der Waals surface area contributed by atoms with Crippen LogP contribution in [0.5, 0.6) is 0 Å². The SMILES string of the molecule is CC1=CC=CC([C+]=O)(Cc2ccccc2)C1. The van der Waals surface area contributed by atoms with Gasteiger partial charge in [0.05, 0.1) is 0 Å². The number of hydrogen-bond donors (Lipinski definition) is 0. The van der Waals surface area contributed by atoms with E-state index in [0.29, 0.717) is 0 Å². The maximum atomic E-state index is 11.2. The van der Waals surface area contributed by atoms with Crippen LogP contribution in [-0.2, 0) is 11.2 Å². The van der Waals surface area contributed by atoms with Crippen molar-refractivity contribution < 1.29 is 4.79 Å². The Kier molecular flexibility index (Phi) is 2.98. The van der Waals surface area contributed by atoms with Gasteiger partial charge in [0.25, 0.3) is 5.41 Å². The van der Waals surface area contributed by atoms with Crippen molar-refractivity contribution in [3.05, 3.63) is 59.7 Å². The van der Waals surface area contributed by atoms with E-state index in [9.17, 15) is 4.79 Å². The molecule has 0 saturated heterocycles. The van der Waals surface area contributed by atoms with Crippen LogP contribution < -0.4 is 0 Å². The van der Waals surface area contributed by atoms with Gasteiger partial charge in [-0.2, -0.15) is 0 Å². The van der Waals surface area contributed by atoms with Gasteiger partial charge in [-0.05, 0) is 18.6 Å². The minimum Gasteiger partial charge on any atom is -0.0673 e. The lowest BCUT2D eigenvalue weighted by Gasteiger charge is -2.17. The quantitative estimate of drug-likeness (QED) is 0.701. The molecular formula is C15H15O+. The van der Waals surface area contributed by atoms with Crippen LogP contribution in [0.25, 0.3) is 0 Å². The Morgan fingerprint density at radius 1 is 1.31 bits per heavy atom. The van der Waals surface area contributed by atoms with Gasteiger partial charge in [-0.3, -0.25) is 0 Å². The van der Waals surface area contributed by atoms with Gasteiger partial charge in [-0.15, -0.1) is 0 Å². The molecule has 1 aliphatic rings. The van der Waals surface area contributed by atoms with Crippen molar-refractivity contribution in [1.29, 1.82) is 0 Å². The average Bonchev–Trinajstić information content (AvgIpc) is 2.30. The smallest absolute Gasteiger partial charge is 0.0673 e. The highest BCUT2D eigenvalue weighted by Crippen LogP contribution is 2.33. The minimum atomic E-state index is -0.458. The van der Waals surface area contributed by atoms with Crippen molar-refractivity contribution in [2.75, 3.05) is 0 Å². The highest BCUT2D eigenvalue weighted by Gasteiger charge is 2.43. The van der Waals surface area contributed by atoms with Gasteiger partial charge < -0.3 is 0 Å². The first-order valence-electron chi connectivity index (χ1n) is 5.52. The number of rotatable bonds is 3. The summed E-state index contributed by atoms with van der Waals surface area (Å²) >= 11 is 0. The third-order valence-corrected chi connectivity index (χ3v) is 2.96. The van der Waals surface area contributed by atoms with Gasteiger partial charge >= 0.3 is 6.29 Å². The summed E-state index contributed by atoms with van der Waals surface area (Å²) in [6, 6.07) is 10.1. The second-order valence-electron chi connectivity index (χ2n) is 4.47. The van der Waals surface area contributed by atoms with E-state index < -0.39 is 5.41 Å². The first kappa shape index (κ1) is 10.8. The second-order valence-corrected chi connectivity index (χ2v) is 4.47. The lowest BCUT2D eigenvalue weighted by molar-refractivity contribution is 0.450. The van der Waals surface area contributed by atoms with Crippen LogP contribution >= 0.6 is 0 Å². The van der Waals surface area contributed by atoms with Gasteiger partial charge in [0.2, 0.25) is 0 Å². The molecule has 0 N–H and O–H groups in total. The molecule has 0 radical (unpaired) electrons. The zero-order valence-corrected chi connectivity index (χ0v) is 9.44. The average molecular weight is 211 g/mol. The molecule has 80 valence electrons. The summed E-state index contributed by atoms with van der Waals surface area (Å²) in [6.45, 7) is 2.06. The molecule has 1 aromatic rings. The molecule has 1 atom stereocenters. The Hall–Kier alpha value is -1.72. The first-order valence-corrected chi connectivity index (χ1v) is 5.52. The molecule has 0 aliphatic heterocycles. The number of carbonyl (C=O) groups excluding carboxylic acids is 1. The van der Waals surface area contributed by atoms with Gasteiger partial charge in [-0.1, -0.05) is 48.1 Å². The lowest BCUT2D eigenvalue weighted by atomic mass is 9.75. The van der Waals surface area contributed by atoms with Crippen molar-refractivity contribution in [2.24, 2.45) is 5.41 Å². The topological polar surface area (TPSA) is 17.1 Å². The van der Waals surface area contributed by atoms with Crippen LogP contribution in [-0.4, -0.2) is 6.29 Å². The maximum absolute atomic E-state index is 11.2. The van der Waals surface area contributed by atoms with Crippen LogP contribution in [0.4, 0.5) is 0 Å². The van der Waals surface area contributed by atoms with E-state index in [-0.39, 0.29) is 0 Å². The normalized spacial score (nSPS) is 23.7. The molecule has 1 aliphatic carbocycles. The first-order chi connectivity index (χ1) is 7.74. The fraction of sp³-hybridized carbons (Fsp3) is 0.267. The van der Waals surface area contributed by atoms with Crippen molar-refractivity contribution in [2.45, 2.75) is 19.8 Å². The maximum Gasteiger partial charge on any atom is 0.518 e. The van der Waals surface area contributed by atoms with Gasteiger partial charge in [0, 0.05) is 17.6 Å². The summed E-state index contributed by atoms with van der Waals surface area (Å²) in [5, 5.41) is 0. The van der Waals surface area contributed by atoms with Crippen molar-refractivity contribution in [3.63, 3.8) is 0 Å². The van der Waals surface area contributed by atoms with E-state index in [1.165, 1.54) is 11.1 Å². The molecule has 0 spiro atoms. The van der Waals surface area contributed by atoms with Gasteiger partial charge in [0.1, 0.15) is 0 Å². The molecular weight excluding hydrogens is 196 g/mol. The monoisotopic (exact) mass is 211 g/mol. The Balaban J connectivity index is 2.21. The van der Waals surface area contributed by atoms with Crippen LogP contribution in [0.15, 0.2) is 54.1 Å². The largest absolute Gasteiger partial charge is 0.518 e. The second kappa shape index (κ2) is 4.42. The summed E-state index contributed by atoms with van der Waals surface area (Å²) < 4.78 is 0. The van der Waals surface area contributed by atoms with E-state index in [4.69, 9.17) is 0 Å². The van der Waals surface area contributed by atoms with E-state index in [0.717, 1.165) is 12.8 Å². The van der Waals surface area contributed by atoms with Crippen molar-refractivity contribution in [1.82, 2.24) is 0 Å². The molecule has 0 fully saturated rings. The van der Waals surface area contributed by atoms with Crippen LogP contribution in [0.2, 0.25) is 0 Å². The summed E-state index contributed by atoms with van der Waals surface area (Å²) in [5.74, 6) is 0. The Morgan fingerprint density at radius 3 is 2.69 bits per heavy atom. The third-order valence-electron chi connectivity index (χ3n) is 2.96. The molecule has 16 heavy (non-hydrogen) atoms. The summed E-state index contributed by atoms with van der Waals surface area (Å²) in [5.41, 5.74) is 1.96. The predicted molar refractivity (Wildman–Crippen MR) is 65.8 cm³/mol. The van der Waals surface area contributed by atoms with E-state index in [1.54, 1.807) is 0 Å². The zero-order chi connectivity index (χ0) is 11.4. The molecule has 0 amide bonds. The molecule has 1 nitrogen and oxygen atoms in total. The summed E-state index contributed by atoms with van der Waals surface area (Å²) in [6.07, 6.45) is 9.73. The molecule has 1 aromatic carbocycles. The van der Waals surface area contributed by atoms with E-state index in [2.05, 4.69) is 31.4 Å². The summed E-state index contributed by atoms with van der Waals surface area (Å²) in [4.78, 5) is 11.2. The van der Waals surface area contributed by atoms with Crippen LogP contribution in [0.3, 0.4) is 0 Å². The van der Waals surface area contributed by atoms with Gasteiger partial charge in [0.15, 0.2) is 0 Å². The number of allylic oxidation sites excluding steroid dienone is 4. The van der Waals surface area contributed by atoms with Crippen LogP contribution in [0, 0.1) is 5.41 Å². The van der Waals surface area contributed by atoms with E-state index >= 15 is 0 Å². The minimum absolute atomic E-state index is 0.458. The van der Waals surface area contributed by atoms with Gasteiger partial charge in [-0.25, -0.2) is 0 Å². The highest BCUT2D eigenvalue weighted by molar-refractivity contribution is 5.66. The molecule has 0 aromatic heterocycles. The zero-order valence-electron chi connectivity index (χ0n) is 9.44. The number of benzene rings is 1. The molecule has 0 bridgehead atoms. The highest BCUT2D eigenvalue weighted by atomic mass is 16.1. The third kappa shape index (κ3) is 2.26. The standard InChI is InChI=1S/C15H15O/c1-13-6-5-9-15(10-13,12-16)11-14-7-3-2-4-8-14/h2-9H,10-11H2,1H3/q+1. The van der Waals surface area contributed by atoms with Crippen molar-refractivity contribution in [3.8, 4) is 0 Å². The molecule has 1 unspecified atom stereocenters. The van der Waals surface area contributed by atoms with Crippen molar-refractivity contribution >= 4 is 6.29 Å².